The molecule has 0 aliphatic carbocycles. The molecule has 0 spiro atoms. The number of benzene rings is 2. The lowest BCUT2D eigenvalue weighted by molar-refractivity contribution is 0.0923. The second kappa shape index (κ2) is 10.5. The summed E-state index contributed by atoms with van der Waals surface area (Å²) in [6, 6.07) is 8.14. The van der Waals surface area contributed by atoms with Gasteiger partial charge in [-0.2, -0.15) is 0 Å². The number of carbonyl (C=O) groups excluding carboxylic acids is 2. The summed E-state index contributed by atoms with van der Waals surface area (Å²) in [4.78, 5) is 33.7. The molecule has 1 atom stereocenters. The molecular weight excluding hydrogens is 461 g/mol. The predicted molar refractivity (Wildman–Crippen MR) is 123 cm³/mol. The number of piperidine rings is 1. The highest BCUT2D eigenvalue weighted by atomic mass is 19.2. The molecule has 0 saturated carbocycles. The lowest BCUT2D eigenvalue weighted by Gasteiger charge is -2.23. The van der Waals surface area contributed by atoms with Crippen molar-refractivity contribution < 1.29 is 22.8 Å². The summed E-state index contributed by atoms with van der Waals surface area (Å²) in [6.07, 6.45) is 3.18. The molecule has 0 radical (unpaired) electrons. The van der Waals surface area contributed by atoms with E-state index in [1.807, 2.05) is 0 Å². The largest absolute Gasteiger partial charge is 0.382 e. The van der Waals surface area contributed by atoms with Gasteiger partial charge >= 0.3 is 0 Å². The van der Waals surface area contributed by atoms with Gasteiger partial charge in [0, 0.05) is 35.8 Å². The Morgan fingerprint density at radius 3 is 2.71 bits per heavy atom. The van der Waals surface area contributed by atoms with Crippen LogP contribution < -0.4 is 21.7 Å². The van der Waals surface area contributed by atoms with Crippen LogP contribution in [-0.4, -0.2) is 40.9 Å². The molecular formula is C24H23F3N6O2. The van der Waals surface area contributed by atoms with Crippen LogP contribution >= 0.6 is 0 Å². The zero-order valence-corrected chi connectivity index (χ0v) is 18.6. The van der Waals surface area contributed by atoms with Gasteiger partial charge < -0.3 is 21.7 Å². The average Bonchev–Trinajstić information content (AvgIpc) is 2.87. The molecule has 3 aromatic rings. The Morgan fingerprint density at radius 1 is 1.11 bits per heavy atom. The van der Waals surface area contributed by atoms with Crippen LogP contribution in [0.4, 0.5) is 19.0 Å². The van der Waals surface area contributed by atoms with Crippen molar-refractivity contribution in [1.82, 2.24) is 25.9 Å². The number of nitrogens with one attached hydrogen (secondary N) is 3. The van der Waals surface area contributed by atoms with E-state index in [2.05, 4.69) is 25.9 Å². The molecule has 11 heteroatoms. The summed E-state index contributed by atoms with van der Waals surface area (Å²) in [6.45, 7) is 1.22. The summed E-state index contributed by atoms with van der Waals surface area (Å²) in [5, 5.41) is 8.58. The molecule has 1 unspecified atom stereocenters. The summed E-state index contributed by atoms with van der Waals surface area (Å²) in [7, 11) is 0. The molecule has 8 nitrogen and oxygen atoms in total. The van der Waals surface area contributed by atoms with Gasteiger partial charge in [-0.15, -0.1) is 0 Å². The molecule has 1 saturated heterocycles. The monoisotopic (exact) mass is 484 g/mol. The van der Waals surface area contributed by atoms with Gasteiger partial charge in [-0.3, -0.25) is 9.59 Å². The number of halogens is 3. The van der Waals surface area contributed by atoms with Crippen molar-refractivity contribution in [1.29, 1.82) is 0 Å². The molecule has 1 aromatic heterocycles. The van der Waals surface area contributed by atoms with Crippen LogP contribution in [0.5, 0.6) is 0 Å². The van der Waals surface area contributed by atoms with Gasteiger partial charge in [0.1, 0.15) is 0 Å². The standard InChI is InChI=1S/C24H23F3N6O2/c25-17-7-6-15(19(26)20(17)27)10-31-23(34)14-4-1-3-13(9-14)18-12-30-22(28)21(33-18)24(35)32-16-5-2-8-29-11-16/h1,3-4,6-7,9,12,16,29H,2,5,8,10-11H2,(H2,28,30)(H,31,34)(H,32,35). The highest BCUT2D eigenvalue weighted by Crippen LogP contribution is 2.21. The maximum Gasteiger partial charge on any atom is 0.274 e. The smallest absolute Gasteiger partial charge is 0.274 e. The van der Waals surface area contributed by atoms with Crippen LogP contribution in [0.1, 0.15) is 39.3 Å². The van der Waals surface area contributed by atoms with E-state index < -0.39 is 29.3 Å². The molecule has 4 rings (SSSR count). The topological polar surface area (TPSA) is 122 Å². The number of aromatic nitrogens is 2. The lowest BCUT2D eigenvalue weighted by atomic mass is 10.1. The average molecular weight is 484 g/mol. The second-order valence-electron chi connectivity index (χ2n) is 8.10. The van der Waals surface area contributed by atoms with Gasteiger partial charge in [-0.1, -0.05) is 18.2 Å². The van der Waals surface area contributed by atoms with Crippen molar-refractivity contribution in [3.8, 4) is 11.3 Å². The molecule has 2 amide bonds. The van der Waals surface area contributed by atoms with Crippen molar-refractivity contribution in [3.63, 3.8) is 0 Å². The van der Waals surface area contributed by atoms with Gasteiger partial charge in [-0.05, 0) is 37.6 Å². The van der Waals surface area contributed by atoms with Crippen molar-refractivity contribution in [2.75, 3.05) is 18.8 Å². The predicted octanol–water partition coefficient (Wildman–Crippen LogP) is 2.55. The number of amides is 2. The van der Waals surface area contributed by atoms with E-state index in [1.54, 1.807) is 12.1 Å². The van der Waals surface area contributed by atoms with E-state index in [-0.39, 0.29) is 35.2 Å². The van der Waals surface area contributed by atoms with Crippen LogP contribution in [0, 0.1) is 17.5 Å². The van der Waals surface area contributed by atoms with Crippen LogP contribution in [0.25, 0.3) is 11.3 Å². The summed E-state index contributed by atoms with van der Waals surface area (Å²) >= 11 is 0. The Morgan fingerprint density at radius 2 is 1.94 bits per heavy atom. The first-order chi connectivity index (χ1) is 16.8. The van der Waals surface area contributed by atoms with Crippen LogP contribution in [0.15, 0.2) is 42.6 Å². The second-order valence-corrected chi connectivity index (χ2v) is 8.10. The number of hydrogen-bond acceptors (Lipinski definition) is 6. The van der Waals surface area contributed by atoms with Crippen molar-refractivity contribution in [2.45, 2.75) is 25.4 Å². The molecule has 1 aliphatic heterocycles. The van der Waals surface area contributed by atoms with Crippen LogP contribution in [0.3, 0.4) is 0 Å². The zero-order valence-electron chi connectivity index (χ0n) is 18.6. The minimum atomic E-state index is -1.60. The van der Waals surface area contributed by atoms with Crippen LogP contribution in [0.2, 0.25) is 0 Å². The van der Waals surface area contributed by atoms with E-state index in [9.17, 15) is 22.8 Å². The number of nitrogen functional groups attached to an aromatic ring is 1. The third-order valence-electron chi connectivity index (χ3n) is 5.62. The number of carbonyl (C=O) groups is 2. The summed E-state index contributed by atoms with van der Waals surface area (Å²) in [5.74, 6) is -5.28. The number of rotatable bonds is 6. The molecule has 2 aromatic carbocycles. The van der Waals surface area contributed by atoms with E-state index in [4.69, 9.17) is 5.73 Å². The molecule has 0 bridgehead atoms. The van der Waals surface area contributed by atoms with E-state index in [1.165, 1.54) is 18.3 Å². The van der Waals surface area contributed by atoms with Crippen LogP contribution in [-0.2, 0) is 6.54 Å². The Bertz CT molecular complexity index is 1260. The first-order valence-corrected chi connectivity index (χ1v) is 11.0. The SMILES string of the molecule is Nc1ncc(-c2cccc(C(=O)NCc3ccc(F)c(F)c3F)c2)nc1C(=O)NC1CCCNC1. The van der Waals surface area contributed by atoms with Gasteiger partial charge in [0.2, 0.25) is 0 Å². The first-order valence-electron chi connectivity index (χ1n) is 11.0. The van der Waals surface area contributed by atoms with Gasteiger partial charge in [0.05, 0.1) is 11.9 Å². The summed E-state index contributed by atoms with van der Waals surface area (Å²) < 4.78 is 40.4. The Hall–Kier alpha value is -3.99. The highest BCUT2D eigenvalue weighted by molar-refractivity contribution is 5.97. The van der Waals surface area contributed by atoms with Crippen molar-refractivity contribution in [2.24, 2.45) is 0 Å². The number of nitrogens with two attached hydrogens (primary N) is 1. The number of anilines is 1. The minimum Gasteiger partial charge on any atom is -0.382 e. The Balaban J connectivity index is 1.49. The van der Waals surface area contributed by atoms with E-state index in [0.29, 0.717) is 17.8 Å². The molecule has 1 fully saturated rings. The number of hydrogen-bond donors (Lipinski definition) is 4. The maximum absolute atomic E-state index is 13.9. The van der Waals surface area contributed by atoms with Crippen molar-refractivity contribution in [3.05, 3.63) is 76.9 Å². The lowest BCUT2D eigenvalue weighted by Crippen LogP contribution is -2.46. The first kappa shape index (κ1) is 24.1. The van der Waals surface area contributed by atoms with Crippen molar-refractivity contribution >= 4 is 17.6 Å². The van der Waals surface area contributed by atoms with Gasteiger partial charge in [0.15, 0.2) is 29.0 Å². The zero-order chi connectivity index (χ0) is 24.9. The fraction of sp³-hybridized carbons (Fsp3) is 0.250. The highest BCUT2D eigenvalue weighted by Gasteiger charge is 2.21. The third kappa shape index (κ3) is 5.57. The normalized spacial score (nSPS) is 15.5. The fourth-order valence-electron chi connectivity index (χ4n) is 3.73. The summed E-state index contributed by atoms with van der Waals surface area (Å²) in [5.41, 5.74) is 6.71. The van der Waals surface area contributed by atoms with E-state index in [0.717, 1.165) is 31.5 Å². The number of nitrogens with zero attached hydrogens (tertiary/aromatic N) is 2. The van der Waals surface area contributed by atoms with Gasteiger partial charge in [0.25, 0.3) is 11.8 Å². The maximum atomic E-state index is 13.9. The molecule has 2 heterocycles. The molecule has 182 valence electrons. The van der Waals surface area contributed by atoms with E-state index >= 15 is 0 Å². The fourth-order valence-corrected chi connectivity index (χ4v) is 3.73. The van der Waals surface area contributed by atoms with Gasteiger partial charge in [-0.25, -0.2) is 23.1 Å². The third-order valence-corrected chi connectivity index (χ3v) is 5.62. The Kier molecular flexibility index (Phi) is 7.25. The molecule has 1 aliphatic rings. The quantitative estimate of drug-likeness (QED) is 0.399. The molecule has 5 N–H and O–H groups in total. The Labute approximate surface area is 199 Å². The molecule has 35 heavy (non-hydrogen) atoms. The minimum absolute atomic E-state index is 0.0162.